The highest BCUT2D eigenvalue weighted by atomic mass is 16.4. The third-order valence-electron chi connectivity index (χ3n) is 3.91. The standard InChI is InChI=1S/C13H15N5O3/c1-7-3-4-14-13-15-10(16-18(7)13)11(19)17-5-9(6-17)8(2)12(20)21/h3-4,8-9H,5-6H2,1-2H3,(H,20,21). The van der Waals surface area contributed by atoms with Crippen molar-refractivity contribution < 1.29 is 14.7 Å². The predicted octanol–water partition coefficient (Wildman–Crippen LogP) is 0.225. The second kappa shape index (κ2) is 4.80. The van der Waals surface area contributed by atoms with E-state index in [-0.39, 0.29) is 17.6 Å². The second-order valence-corrected chi connectivity index (χ2v) is 5.33. The summed E-state index contributed by atoms with van der Waals surface area (Å²) in [5.41, 5.74) is 0.840. The Morgan fingerprint density at radius 1 is 1.43 bits per heavy atom. The minimum Gasteiger partial charge on any atom is -0.481 e. The Hall–Kier alpha value is -2.51. The maximum absolute atomic E-state index is 12.3. The predicted molar refractivity (Wildman–Crippen MR) is 71.7 cm³/mol. The molecule has 0 spiro atoms. The topological polar surface area (TPSA) is 101 Å². The lowest BCUT2D eigenvalue weighted by atomic mass is 9.87. The first-order valence-electron chi connectivity index (χ1n) is 6.68. The van der Waals surface area contributed by atoms with Crippen LogP contribution in [0.1, 0.15) is 23.2 Å². The van der Waals surface area contributed by atoms with Crippen LogP contribution < -0.4 is 0 Å². The van der Waals surface area contributed by atoms with E-state index in [4.69, 9.17) is 5.11 Å². The third-order valence-corrected chi connectivity index (χ3v) is 3.91. The number of nitrogens with zero attached hydrogens (tertiary/aromatic N) is 5. The van der Waals surface area contributed by atoms with Crippen LogP contribution in [0.3, 0.4) is 0 Å². The summed E-state index contributed by atoms with van der Waals surface area (Å²) in [6, 6.07) is 1.78. The van der Waals surface area contributed by atoms with E-state index in [0.717, 1.165) is 5.69 Å². The summed E-state index contributed by atoms with van der Waals surface area (Å²) < 4.78 is 1.52. The molecule has 0 aromatic carbocycles. The number of aryl methyl sites for hydroxylation is 1. The fourth-order valence-corrected chi connectivity index (χ4v) is 2.33. The monoisotopic (exact) mass is 289 g/mol. The van der Waals surface area contributed by atoms with Gasteiger partial charge in [-0.05, 0) is 13.0 Å². The summed E-state index contributed by atoms with van der Waals surface area (Å²) in [6.07, 6.45) is 1.61. The van der Waals surface area contributed by atoms with Gasteiger partial charge in [0.25, 0.3) is 11.7 Å². The minimum atomic E-state index is -0.835. The van der Waals surface area contributed by atoms with Crippen molar-refractivity contribution >= 4 is 17.7 Å². The van der Waals surface area contributed by atoms with Gasteiger partial charge < -0.3 is 10.0 Å². The van der Waals surface area contributed by atoms with Crippen LogP contribution in [0, 0.1) is 18.8 Å². The fraction of sp³-hybridized carbons (Fsp3) is 0.462. The van der Waals surface area contributed by atoms with Gasteiger partial charge in [-0.1, -0.05) is 6.92 Å². The van der Waals surface area contributed by atoms with Gasteiger partial charge in [0.05, 0.1) is 5.92 Å². The zero-order valence-electron chi connectivity index (χ0n) is 11.7. The molecule has 8 heteroatoms. The normalized spacial score (nSPS) is 16.8. The number of fused-ring (bicyclic) bond motifs is 1. The van der Waals surface area contributed by atoms with Gasteiger partial charge in [0.1, 0.15) is 0 Å². The number of likely N-dealkylation sites (tertiary alicyclic amines) is 1. The van der Waals surface area contributed by atoms with Gasteiger partial charge in [0, 0.05) is 30.9 Å². The molecule has 1 amide bonds. The summed E-state index contributed by atoms with van der Waals surface area (Å²) in [5.74, 6) is -1.10. The Morgan fingerprint density at radius 2 is 2.14 bits per heavy atom. The number of carboxylic acids is 1. The van der Waals surface area contributed by atoms with Crippen LogP contribution in [-0.2, 0) is 4.79 Å². The molecule has 0 saturated carbocycles. The van der Waals surface area contributed by atoms with Crippen molar-refractivity contribution in [3.63, 3.8) is 0 Å². The highest BCUT2D eigenvalue weighted by Crippen LogP contribution is 2.25. The average Bonchev–Trinajstić information content (AvgIpc) is 2.82. The van der Waals surface area contributed by atoms with Crippen LogP contribution in [0.25, 0.3) is 5.78 Å². The van der Waals surface area contributed by atoms with Crippen LogP contribution in [-0.4, -0.2) is 54.6 Å². The lowest BCUT2D eigenvalue weighted by molar-refractivity contribution is -0.144. The number of carbonyl (C=O) groups is 2. The quantitative estimate of drug-likeness (QED) is 0.867. The first-order chi connectivity index (χ1) is 9.97. The van der Waals surface area contributed by atoms with Crippen molar-refractivity contribution in [3.8, 4) is 0 Å². The summed E-state index contributed by atoms with van der Waals surface area (Å²) in [7, 11) is 0. The molecule has 21 heavy (non-hydrogen) atoms. The van der Waals surface area contributed by atoms with Crippen LogP contribution >= 0.6 is 0 Å². The van der Waals surface area contributed by atoms with E-state index in [2.05, 4.69) is 15.1 Å². The highest BCUT2D eigenvalue weighted by Gasteiger charge is 2.38. The first kappa shape index (κ1) is 13.5. The maximum Gasteiger partial charge on any atom is 0.306 e. The molecule has 0 aliphatic carbocycles. The summed E-state index contributed by atoms with van der Waals surface area (Å²) in [6.45, 7) is 4.36. The van der Waals surface area contributed by atoms with E-state index >= 15 is 0 Å². The second-order valence-electron chi connectivity index (χ2n) is 5.33. The molecule has 1 fully saturated rings. The Bertz CT molecular complexity index is 720. The molecular weight excluding hydrogens is 274 g/mol. The molecule has 1 atom stereocenters. The van der Waals surface area contributed by atoms with Gasteiger partial charge >= 0.3 is 5.97 Å². The molecule has 1 aliphatic heterocycles. The third kappa shape index (κ3) is 2.22. The Balaban J connectivity index is 1.74. The molecule has 1 unspecified atom stereocenters. The van der Waals surface area contributed by atoms with Crippen molar-refractivity contribution in [2.45, 2.75) is 13.8 Å². The molecule has 2 aromatic rings. The van der Waals surface area contributed by atoms with E-state index in [1.165, 1.54) is 4.52 Å². The van der Waals surface area contributed by atoms with E-state index in [9.17, 15) is 9.59 Å². The Morgan fingerprint density at radius 3 is 2.76 bits per heavy atom. The van der Waals surface area contributed by atoms with Crippen molar-refractivity contribution in [2.75, 3.05) is 13.1 Å². The van der Waals surface area contributed by atoms with E-state index < -0.39 is 11.9 Å². The molecule has 1 N–H and O–H groups in total. The SMILES string of the molecule is Cc1ccnc2nc(C(=O)N3CC(C(C)C(=O)O)C3)nn12. The fourth-order valence-electron chi connectivity index (χ4n) is 2.33. The number of hydrogen-bond acceptors (Lipinski definition) is 5. The van der Waals surface area contributed by atoms with Crippen LogP contribution in [0.4, 0.5) is 0 Å². The van der Waals surface area contributed by atoms with E-state index in [0.29, 0.717) is 18.9 Å². The molecule has 1 saturated heterocycles. The lowest BCUT2D eigenvalue weighted by Gasteiger charge is -2.40. The van der Waals surface area contributed by atoms with Crippen LogP contribution in [0.2, 0.25) is 0 Å². The van der Waals surface area contributed by atoms with Gasteiger partial charge in [0.2, 0.25) is 5.82 Å². The van der Waals surface area contributed by atoms with Crippen LogP contribution in [0.5, 0.6) is 0 Å². The molecule has 2 aromatic heterocycles. The summed E-state index contributed by atoms with van der Waals surface area (Å²) in [4.78, 5) is 32.9. The van der Waals surface area contributed by atoms with Crippen LogP contribution in [0.15, 0.2) is 12.3 Å². The summed E-state index contributed by atoms with van der Waals surface area (Å²) >= 11 is 0. The van der Waals surface area contributed by atoms with Gasteiger partial charge in [-0.2, -0.15) is 4.98 Å². The van der Waals surface area contributed by atoms with Gasteiger partial charge in [-0.15, -0.1) is 5.10 Å². The van der Waals surface area contributed by atoms with E-state index in [1.807, 2.05) is 6.92 Å². The molecule has 0 bridgehead atoms. The Kier molecular flexibility index (Phi) is 3.08. The maximum atomic E-state index is 12.3. The van der Waals surface area contributed by atoms with Gasteiger partial charge in [-0.25, -0.2) is 9.50 Å². The lowest BCUT2D eigenvalue weighted by Crippen LogP contribution is -2.53. The molecule has 3 heterocycles. The number of carbonyl (C=O) groups excluding carboxylic acids is 1. The largest absolute Gasteiger partial charge is 0.481 e. The molecule has 1 aliphatic rings. The molecule has 0 radical (unpaired) electrons. The molecule has 8 nitrogen and oxygen atoms in total. The number of carboxylic acid groups (broad SMARTS) is 1. The molecular formula is C13H15N5O3. The van der Waals surface area contributed by atoms with E-state index in [1.54, 1.807) is 24.1 Å². The number of hydrogen-bond donors (Lipinski definition) is 1. The van der Waals surface area contributed by atoms with Crippen molar-refractivity contribution in [3.05, 3.63) is 23.8 Å². The average molecular weight is 289 g/mol. The first-order valence-corrected chi connectivity index (χ1v) is 6.68. The Labute approximate surface area is 120 Å². The molecule has 110 valence electrons. The minimum absolute atomic E-state index is 0.0108. The number of aliphatic carboxylic acids is 1. The van der Waals surface area contributed by atoms with Crippen molar-refractivity contribution in [1.29, 1.82) is 0 Å². The number of amides is 1. The number of rotatable bonds is 3. The summed E-state index contributed by atoms with van der Waals surface area (Å²) in [5, 5.41) is 13.1. The molecule has 3 rings (SSSR count). The zero-order chi connectivity index (χ0) is 15.1. The van der Waals surface area contributed by atoms with Gasteiger partial charge in [0.15, 0.2) is 0 Å². The zero-order valence-corrected chi connectivity index (χ0v) is 11.7. The smallest absolute Gasteiger partial charge is 0.306 e. The van der Waals surface area contributed by atoms with Crippen molar-refractivity contribution in [1.82, 2.24) is 24.5 Å². The number of aromatic nitrogens is 4. The van der Waals surface area contributed by atoms with Gasteiger partial charge in [-0.3, -0.25) is 9.59 Å². The highest BCUT2D eigenvalue weighted by molar-refractivity contribution is 5.91. The van der Waals surface area contributed by atoms with Crippen molar-refractivity contribution in [2.24, 2.45) is 11.8 Å².